The van der Waals surface area contributed by atoms with Gasteiger partial charge in [-0.05, 0) is 43.7 Å². The fourth-order valence-corrected chi connectivity index (χ4v) is 1.86. The summed E-state index contributed by atoms with van der Waals surface area (Å²) in [5.41, 5.74) is 5.51. The molecule has 1 rings (SSSR count). The summed E-state index contributed by atoms with van der Waals surface area (Å²) in [6.07, 6.45) is 6.23. The quantitative estimate of drug-likeness (QED) is 0.643. The minimum atomic E-state index is 0.528. The molecule has 0 aromatic heterocycles. The molecule has 0 atom stereocenters. The van der Waals surface area contributed by atoms with Crippen molar-refractivity contribution >= 4 is 11.8 Å². The minimum Gasteiger partial charge on any atom is -0.378 e. The van der Waals surface area contributed by atoms with Gasteiger partial charge in [-0.2, -0.15) is 11.8 Å². The zero-order chi connectivity index (χ0) is 8.81. The van der Waals surface area contributed by atoms with Crippen molar-refractivity contribution in [3.8, 4) is 0 Å². The molecule has 1 fully saturated rings. The van der Waals surface area contributed by atoms with Crippen LogP contribution in [0.2, 0.25) is 0 Å². The molecule has 0 unspecified atom stereocenters. The smallest absolute Gasteiger partial charge is 0.0581 e. The standard InChI is InChI=1S/C9H19NOS/c1-12-4-2-3-11-9-5-8(6-9)7-10/h8-9H,2-7,10H2,1H3. The van der Waals surface area contributed by atoms with E-state index in [9.17, 15) is 0 Å². The highest BCUT2D eigenvalue weighted by Crippen LogP contribution is 2.28. The van der Waals surface area contributed by atoms with E-state index >= 15 is 0 Å². The van der Waals surface area contributed by atoms with Crippen LogP contribution in [0.4, 0.5) is 0 Å². The fraction of sp³-hybridized carbons (Fsp3) is 1.00. The number of nitrogens with two attached hydrogens (primary N) is 1. The lowest BCUT2D eigenvalue weighted by Gasteiger charge is -2.34. The number of hydrogen-bond acceptors (Lipinski definition) is 3. The average molecular weight is 189 g/mol. The van der Waals surface area contributed by atoms with Crippen LogP contribution in [0.25, 0.3) is 0 Å². The van der Waals surface area contributed by atoms with Gasteiger partial charge in [0.15, 0.2) is 0 Å². The van der Waals surface area contributed by atoms with E-state index < -0.39 is 0 Å². The highest BCUT2D eigenvalue weighted by Gasteiger charge is 2.28. The van der Waals surface area contributed by atoms with E-state index in [0.29, 0.717) is 6.10 Å². The Morgan fingerprint density at radius 3 is 2.83 bits per heavy atom. The summed E-state index contributed by atoms with van der Waals surface area (Å²) in [6, 6.07) is 0. The van der Waals surface area contributed by atoms with Gasteiger partial charge in [-0.3, -0.25) is 0 Å². The molecule has 0 amide bonds. The summed E-state index contributed by atoms with van der Waals surface area (Å²) in [7, 11) is 0. The van der Waals surface area contributed by atoms with Crippen LogP contribution in [0.3, 0.4) is 0 Å². The van der Waals surface area contributed by atoms with Gasteiger partial charge in [0.25, 0.3) is 0 Å². The maximum Gasteiger partial charge on any atom is 0.0581 e. The predicted molar refractivity (Wildman–Crippen MR) is 54.5 cm³/mol. The minimum absolute atomic E-state index is 0.528. The molecule has 0 aromatic carbocycles. The van der Waals surface area contributed by atoms with E-state index in [2.05, 4.69) is 6.26 Å². The first-order valence-corrected chi connectivity index (χ1v) is 6.06. The monoisotopic (exact) mass is 189 g/mol. The summed E-state index contributed by atoms with van der Waals surface area (Å²) in [4.78, 5) is 0. The summed E-state index contributed by atoms with van der Waals surface area (Å²) < 4.78 is 5.64. The summed E-state index contributed by atoms with van der Waals surface area (Å²) in [5.74, 6) is 1.96. The Hall–Kier alpha value is 0.270. The van der Waals surface area contributed by atoms with Crippen molar-refractivity contribution < 1.29 is 4.74 Å². The summed E-state index contributed by atoms with van der Waals surface area (Å²) in [6.45, 7) is 1.77. The Labute approximate surface area is 79.2 Å². The Bertz CT molecular complexity index is 115. The molecule has 2 nitrogen and oxygen atoms in total. The molecule has 72 valence electrons. The van der Waals surface area contributed by atoms with Gasteiger partial charge in [0.1, 0.15) is 0 Å². The van der Waals surface area contributed by atoms with Crippen molar-refractivity contribution in [2.24, 2.45) is 11.7 Å². The van der Waals surface area contributed by atoms with E-state index in [4.69, 9.17) is 10.5 Å². The molecule has 0 bridgehead atoms. The van der Waals surface area contributed by atoms with E-state index in [1.807, 2.05) is 11.8 Å². The van der Waals surface area contributed by atoms with Gasteiger partial charge in [0.2, 0.25) is 0 Å². The first-order valence-electron chi connectivity index (χ1n) is 4.67. The van der Waals surface area contributed by atoms with Crippen molar-refractivity contribution in [2.45, 2.75) is 25.4 Å². The lowest BCUT2D eigenvalue weighted by molar-refractivity contribution is -0.0270. The second kappa shape index (κ2) is 5.84. The van der Waals surface area contributed by atoms with Gasteiger partial charge in [-0.25, -0.2) is 0 Å². The molecule has 0 radical (unpaired) electrons. The van der Waals surface area contributed by atoms with Crippen LogP contribution in [0.5, 0.6) is 0 Å². The van der Waals surface area contributed by atoms with Crippen molar-refractivity contribution in [3.63, 3.8) is 0 Å². The number of thioether (sulfide) groups is 1. The third kappa shape index (κ3) is 3.33. The zero-order valence-corrected chi connectivity index (χ0v) is 8.61. The van der Waals surface area contributed by atoms with Crippen LogP contribution < -0.4 is 5.73 Å². The van der Waals surface area contributed by atoms with Gasteiger partial charge in [-0.1, -0.05) is 0 Å². The SMILES string of the molecule is CSCCCOC1CC(CN)C1. The Morgan fingerprint density at radius 2 is 2.25 bits per heavy atom. The topological polar surface area (TPSA) is 35.2 Å². The molecular formula is C9H19NOS. The van der Waals surface area contributed by atoms with Gasteiger partial charge >= 0.3 is 0 Å². The van der Waals surface area contributed by atoms with Gasteiger partial charge < -0.3 is 10.5 Å². The number of rotatable bonds is 6. The molecule has 12 heavy (non-hydrogen) atoms. The molecular weight excluding hydrogens is 170 g/mol. The van der Waals surface area contributed by atoms with E-state index in [1.54, 1.807) is 0 Å². The van der Waals surface area contributed by atoms with Crippen molar-refractivity contribution in [2.75, 3.05) is 25.2 Å². The van der Waals surface area contributed by atoms with E-state index in [-0.39, 0.29) is 0 Å². The third-order valence-corrected chi connectivity index (χ3v) is 3.07. The van der Waals surface area contributed by atoms with Gasteiger partial charge in [-0.15, -0.1) is 0 Å². The molecule has 1 aliphatic carbocycles. The second-order valence-electron chi connectivity index (χ2n) is 3.41. The molecule has 0 saturated heterocycles. The molecule has 0 heterocycles. The summed E-state index contributed by atoms with van der Waals surface area (Å²) >= 11 is 1.88. The average Bonchev–Trinajstić information content (AvgIpc) is 2.01. The highest BCUT2D eigenvalue weighted by molar-refractivity contribution is 7.98. The molecule has 0 aromatic rings. The highest BCUT2D eigenvalue weighted by atomic mass is 32.2. The van der Waals surface area contributed by atoms with Crippen LogP contribution in [0.1, 0.15) is 19.3 Å². The van der Waals surface area contributed by atoms with Crippen LogP contribution in [0, 0.1) is 5.92 Å². The first kappa shape index (κ1) is 10.4. The molecule has 3 heteroatoms. The Morgan fingerprint density at radius 1 is 1.50 bits per heavy atom. The number of hydrogen-bond donors (Lipinski definition) is 1. The van der Waals surface area contributed by atoms with Crippen LogP contribution in [0.15, 0.2) is 0 Å². The normalized spacial score (nSPS) is 28.5. The van der Waals surface area contributed by atoms with Gasteiger partial charge in [0, 0.05) is 6.61 Å². The van der Waals surface area contributed by atoms with Crippen molar-refractivity contribution in [1.82, 2.24) is 0 Å². The molecule has 0 aliphatic heterocycles. The van der Waals surface area contributed by atoms with Crippen LogP contribution in [-0.4, -0.2) is 31.3 Å². The Balaban J connectivity index is 1.83. The maximum atomic E-state index is 5.64. The number of ether oxygens (including phenoxy) is 1. The molecule has 0 spiro atoms. The second-order valence-corrected chi connectivity index (χ2v) is 4.40. The summed E-state index contributed by atoms with van der Waals surface area (Å²) in [5, 5.41) is 0. The molecule has 1 saturated carbocycles. The van der Waals surface area contributed by atoms with Crippen molar-refractivity contribution in [3.05, 3.63) is 0 Å². The van der Waals surface area contributed by atoms with Crippen molar-refractivity contribution in [1.29, 1.82) is 0 Å². The van der Waals surface area contributed by atoms with E-state index in [0.717, 1.165) is 19.1 Å². The lowest BCUT2D eigenvalue weighted by atomic mass is 9.82. The third-order valence-electron chi connectivity index (χ3n) is 2.37. The predicted octanol–water partition coefficient (Wildman–Crippen LogP) is 1.49. The molecule has 2 N–H and O–H groups in total. The molecule has 1 aliphatic rings. The fourth-order valence-electron chi connectivity index (χ4n) is 1.46. The van der Waals surface area contributed by atoms with E-state index in [1.165, 1.54) is 25.0 Å². The largest absolute Gasteiger partial charge is 0.378 e. The maximum absolute atomic E-state index is 5.64. The zero-order valence-electron chi connectivity index (χ0n) is 7.79. The Kier molecular flexibility index (Phi) is 5.04. The first-order chi connectivity index (χ1) is 5.86. The van der Waals surface area contributed by atoms with Crippen LogP contribution in [-0.2, 0) is 4.74 Å². The van der Waals surface area contributed by atoms with Gasteiger partial charge in [0.05, 0.1) is 6.10 Å². The van der Waals surface area contributed by atoms with Crippen LogP contribution >= 0.6 is 11.8 Å². The lowest BCUT2D eigenvalue weighted by Crippen LogP contribution is -2.36.